The van der Waals surface area contributed by atoms with Gasteiger partial charge in [-0.05, 0) is 27.7 Å². The van der Waals surface area contributed by atoms with Gasteiger partial charge in [0.25, 0.3) is 0 Å². The van der Waals surface area contributed by atoms with Gasteiger partial charge < -0.3 is 9.26 Å². The monoisotopic (exact) mass is 207 g/mol. The predicted molar refractivity (Wildman–Crippen MR) is 53.8 cm³/mol. The molecule has 78 valence electrons. The molecular weight excluding hydrogens is 189 g/mol. The molecule has 2 unspecified atom stereocenters. The van der Waals surface area contributed by atoms with Crippen LogP contribution in [-0.2, 0) is 14.1 Å². The average Bonchev–Trinajstić information content (AvgIpc) is 2.03. The zero-order valence-corrected chi connectivity index (χ0v) is 9.59. The summed E-state index contributed by atoms with van der Waals surface area (Å²) in [4.78, 5) is 11.2. The number of hydrogen-bond donors (Lipinski definition) is 1. The molecule has 0 aliphatic rings. The molecule has 0 amide bonds. The van der Waals surface area contributed by atoms with E-state index in [9.17, 15) is 4.79 Å². The molecule has 0 saturated heterocycles. The first-order valence-electron chi connectivity index (χ1n) is 4.40. The zero-order chi connectivity index (χ0) is 10.3. The first kappa shape index (κ1) is 12.8. The second-order valence-electron chi connectivity index (χ2n) is 2.89. The fraction of sp³-hybridized carbons (Fsp3) is 0.875. The van der Waals surface area contributed by atoms with Gasteiger partial charge in [0.05, 0.1) is 15.1 Å². The van der Waals surface area contributed by atoms with Gasteiger partial charge in [-0.2, -0.15) is 0 Å². The van der Waals surface area contributed by atoms with Crippen LogP contribution in [0.5, 0.6) is 0 Å². The van der Waals surface area contributed by atoms with Crippen molar-refractivity contribution in [3.63, 3.8) is 0 Å². The summed E-state index contributed by atoms with van der Waals surface area (Å²) < 4.78 is 10.1. The van der Waals surface area contributed by atoms with Crippen molar-refractivity contribution in [3.8, 4) is 0 Å². The van der Waals surface area contributed by atoms with Gasteiger partial charge in [-0.15, -0.1) is 0 Å². The lowest BCUT2D eigenvalue weighted by Crippen LogP contribution is -2.32. The molecular formula is C8H18NO3P. The van der Waals surface area contributed by atoms with Crippen LogP contribution in [0.3, 0.4) is 0 Å². The first-order valence-corrected chi connectivity index (χ1v) is 5.31. The van der Waals surface area contributed by atoms with Gasteiger partial charge in [0.15, 0.2) is 0 Å². The lowest BCUT2D eigenvalue weighted by molar-refractivity contribution is -0.148. The Morgan fingerprint density at radius 3 is 2.54 bits per heavy atom. The van der Waals surface area contributed by atoms with Crippen LogP contribution < -0.4 is 5.09 Å². The van der Waals surface area contributed by atoms with Crippen molar-refractivity contribution in [3.05, 3.63) is 0 Å². The number of carbonyl (C=O) groups excluding carboxylic acids is 1. The highest BCUT2D eigenvalue weighted by molar-refractivity contribution is 7.29. The van der Waals surface area contributed by atoms with Crippen LogP contribution in [0.4, 0.5) is 0 Å². The first-order chi connectivity index (χ1) is 6.07. The molecule has 0 radical (unpaired) electrons. The van der Waals surface area contributed by atoms with Gasteiger partial charge in [0, 0.05) is 6.61 Å². The molecule has 0 rings (SSSR count). The summed E-state index contributed by atoms with van der Waals surface area (Å²) in [7, 11) is 0.151. The third-order valence-corrected chi connectivity index (χ3v) is 2.18. The molecule has 0 saturated carbocycles. The van der Waals surface area contributed by atoms with Gasteiger partial charge in [-0.1, -0.05) is 0 Å². The Bertz CT molecular complexity index is 152. The Morgan fingerprint density at radius 1 is 1.46 bits per heavy atom. The van der Waals surface area contributed by atoms with E-state index in [0.29, 0.717) is 6.61 Å². The number of esters is 1. The standard InChI is InChI=1S/C8H18NO3P/c1-5-11-13-9-7(4)8(10)12-6(2)3/h6-7,9,13H,5H2,1-4H3. The molecule has 0 aromatic heterocycles. The third-order valence-electron chi connectivity index (χ3n) is 1.20. The van der Waals surface area contributed by atoms with Crippen molar-refractivity contribution >= 4 is 14.9 Å². The quantitative estimate of drug-likeness (QED) is 0.407. The van der Waals surface area contributed by atoms with Crippen molar-refractivity contribution in [2.45, 2.75) is 39.8 Å². The van der Waals surface area contributed by atoms with Crippen molar-refractivity contribution in [2.24, 2.45) is 0 Å². The fourth-order valence-electron chi connectivity index (χ4n) is 0.596. The van der Waals surface area contributed by atoms with E-state index in [1.165, 1.54) is 0 Å². The van der Waals surface area contributed by atoms with Crippen LogP contribution in [0.15, 0.2) is 0 Å². The Labute approximate surface area is 81.3 Å². The lowest BCUT2D eigenvalue weighted by atomic mass is 10.4. The minimum Gasteiger partial charge on any atom is -0.462 e. The molecule has 13 heavy (non-hydrogen) atoms. The predicted octanol–water partition coefficient (Wildman–Crippen LogP) is 1.46. The number of ether oxygens (including phenoxy) is 1. The Morgan fingerprint density at radius 2 is 2.08 bits per heavy atom. The summed E-state index contributed by atoms with van der Waals surface area (Å²) in [6.07, 6.45) is -0.0628. The van der Waals surface area contributed by atoms with Crippen LogP contribution in [0.1, 0.15) is 27.7 Å². The van der Waals surface area contributed by atoms with Crippen molar-refractivity contribution in [1.29, 1.82) is 0 Å². The maximum atomic E-state index is 11.2. The lowest BCUT2D eigenvalue weighted by Gasteiger charge is -2.14. The highest BCUT2D eigenvalue weighted by Gasteiger charge is 2.14. The minimum absolute atomic E-state index is 0.0628. The number of rotatable bonds is 6. The minimum atomic E-state index is -0.299. The van der Waals surface area contributed by atoms with Crippen molar-refractivity contribution < 1.29 is 14.1 Å². The largest absolute Gasteiger partial charge is 0.462 e. The maximum absolute atomic E-state index is 11.2. The number of carbonyl (C=O) groups is 1. The number of hydrogen-bond acceptors (Lipinski definition) is 4. The van der Waals surface area contributed by atoms with E-state index < -0.39 is 0 Å². The fourth-order valence-corrected chi connectivity index (χ4v) is 1.12. The SMILES string of the molecule is CCOPNC(C)C(=O)OC(C)C. The zero-order valence-electron chi connectivity index (χ0n) is 8.59. The molecule has 2 atom stereocenters. The van der Waals surface area contributed by atoms with Crippen LogP contribution >= 0.6 is 8.96 Å². The number of nitrogens with one attached hydrogen (secondary N) is 1. The summed E-state index contributed by atoms with van der Waals surface area (Å²) in [5.41, 5.74) is 0. The normalized spacial score (nSPS) is 13.9. The molecule has 0 aliphatic carbocycles. The maximum Gasteiger partial charge on any atom is 0.323 e. The molecule has 0 aromatic carbocycles. The molecule has 5 heteroatoms. The summed E-state index contributed by atoms with van der Waals surface area (Å²) in [5, 5.41) is 2.92. The van der Waals surface area contributed by atoms with Crippen LogP contribution in [-0.4, -0.2) is 24.7 Å². The van der Waals surface area contributed by atoms with Crippen LogP contribution in [0.2, 0.25) is 0 Å². The Kier molecular flexibility index (Phi) is 7.14. The van der Waals surface area contributed by atoms with E-state index in [0.717, 1.165) is 0 Å². The smallest absolute Gasteiger partial charge is 0.323 e. The summed E-state index contributed by atoms with van der Waals surface area (Å²) in [6, 6.07) is -0.299. The van der Waals surface area contributed by atoms with E-state index in [1.807, 2.05) is 20.8 Å². The molecule has 0 aliphatic heterocycles. The molecule has 0 bridgehead atoms. The average molecular weight is 207 g/mol. The summed E-state index contributed by atoms with van der Waals surface area (Å²) in [6.45, 7) is 7.98. The highest BCUT2D eigenvalue weighted by Crippen LogP contribution is 2.07. The Balaban J connectivity index is 3.57. The summed E-state index contributed by atoms with van der Waals surface area (Å²) in [5.74, 6) is -0.234. The van der Waals surface area contributed by atoms with Crippen LogP contribution in [0.25, 0.3) is 0 Å². The van der Waals surface area contributed by atoms with E-state index in [2.05, 4.69) is 5.09 Å². The Hall–Kier alpha value is -0.180. The van der Waals surface area contributed by atoms with Gasteiger partial charge in [-0.3, -0.25) is 9.88 Å². The van der Waals surface area contributed by atoms with Crippen molar-refractivity contribution in [2.75, 3.05) is 6.61 Å². The highest BCUT2D eigenvalue weighted by atomic mass is 31.1. The second-order valence-corrected chi connectivity index (χ2v) is 3.67. The van der Waals surface area contributed by atoms with Gasteiger partial charge in [0.2, 0.25) is 0 Å². The topological polar surface area (TPSA) is 47.6 Å². The van der Waals surface area contributed by atoms with Crippen LogP contribution in [0, 0.1) is 0 Å². The van der Waals surface area contributed by atoms with E-state index >= 15 is 0 Å². The van der Waals surface area contributed by atoms with E-state index in [-0.39, 0.29) is 27.1 Å². The molecule has 0 aromatic rings. The molecule has 0 fully saturated rings. The van der Waals surface area contributed by atoms with Gasteiger partial charge in [0.1, 0.15) is 6.04 Å². The second kappa shape index (κ2) is 7.25. The van der Waals surface area contributed by atoms with Crippen molar-refractivity contribution in [1.82, 2.24) is 5.09 Å². The van der Waals surface area contributed by atoms with E-state index in [1.54, 1.807) is 6.92 Å². The molecule has 1 N–H and O–H groups in total. The summed E-state index contributed by atoms with van der Waals surface area (Å²) >= 11 is 0. The van der Waals surface area contributed by atoms with Gasteiger partial charge in [-0.25, -0.2) is 0 Å². The molecule has 4 nitrogen and oxygen atoms in total. The molecule has 0 spiro atoms. The van der Waals surface area contributed by atoms with Gasteiger partial charge >= 0.3 is 5.97 Å². The molecule has 0 heterocycles. The van der Waals surface area contributed by atoms with E-state index in [4.69, 9.17) is 9.26 Å². The third kappa shape index (κ3) is 6.94.